The third-order valence-electron chi connectivity index (χ3n) is 5.29. The smallest absolute Gasteiger partial charge is 0.381 e. The van der Waals surface area contributed by atoms with Gasteiger partial charge in [0.1, 0.15) is 0 Å². The van der Waals surface area contributed by atoms with Crippen molar-refractivity contribution in [1.29, 1.82) is 0 Å². The number of hydrogen-bond acceptors (Lipinski definition) is 1. The Bertz CT molecular complexity index is 494. The fourth-order valence-electron chi connectivity index (χ4n) is 4.55. The molecule has 0 aromatic heterocycles. The predicted octanol–water partition coefficient (Wildman–Crippen LogP) is 4.16. The first kappa shape index (κ1) is 11.6. The lowest BCUT2D eigenvalue weighted by Crippen LogP contribution is -2.16. The van der Waals surface area contributed by atoms with E-state index in [1.807, 2.05) is 0 Å². The van der Waals surface area contributed by atoms with E-state index in [1.165, 1.54) is 25.3 Å². The van der Waals surface area contributed by atoms with Gasteiger partial charge in [-0.3, -0.25) is 0 Å². The van der Waals surface area contributed by atoms with Crippen molar-refractivity contribution in [3.05, 3.63) is 29.8 Å². The summed E-state index contributed by atoms with van der Waals surface area (Å²) < 4.78 is 38.8. The second-order valence-electron chi connectivity index (χ2n) is 6.20. The van der Waals surface area contributed by atoms with Crippen LogP contribution in [0.1, 0.15) is 24.8 Å². The zero-order valence-corrected chi connectivity index (χ0v) is 10.5. The molecule has 1 N–H and O–H groups in total. The van der Waals surface area contributed by atoms with Gasteiger partial charge < -0.3 is 5.32 Å². The van der Waals surface area contributed by atoms with Crippen LogP contribution in [-0.4, -0.2) is 6.04 Å². The van der Waals surface area contributed by atoms with Crippen molar-refractivity contribution >= 4 is 5.69 Å². The maximum absolute atomic E-state index is 12.9. The van der Waals surface area contributed by atoms with E-state index in [-0.39, 0.29) is 11.7 Å². The molecular weight excluding hydrogens is 251 g/mol. The fourth-order valence-corrected chi connectivity index (χ4v) is 4.55. The summed E-state index contributed by atoms with van der Waals surface area (Å²) in [4.78, 5) is 0. The lowest BCUT2D eigenvalue weighted by Gasteiger charge is -2.16. The van der Waals surface area contributed by atoms with Crippen LogP contribution in [-0.2, 0) is 6.18 Å². The molecular formula is C15H16F3N. The Morgan fingerprint density at radius 1 is 1.00 bits per heavy atom. The minimum absolute atomic E-state index is 0.258. The average Bonchev–Trinajstić information content (AvgIpc) is 2.77. The minimum atomic E-state index is -4.27. The predicted molar refractivity (Wildman–Crippen MR) is 66.7 cm³/mol. The first-order valence-electron chi connectivity index (χ1n) is 6.98. The number of rotatable bonds is 2. The highest BCUT2D eigenvalue weighted by Crippen LogP contribution is 2.66. The highest BCUT2D eigenvalue weighted by Gasteiger charge is 2.65. The molecule has 1 aromatic carbocycles. The van der Waals surface area contributed by atoms with Gasteiger partial charge in [-0.25, -0.2) is 0 Å². The summed E-state index contributed by atoms with van der Waals surface area (Å²) in [6, 6.07) is 6.12. The monoisotopic (exact) mass is 267 g/mol. The van der Waals surface area contributed by atoms with Gasteiger partial charge in [0.25, 0.3) is 0 Å². The number of benzene rings is 1. The molecule has 2 bridgehead atoms. The van der Waals surface area contributed by atoms with Crippen LogP contribution in [0.2, 0.25) is 0 Å². The van der Waals surface area contributed by atoms with Crippen molar-refractivity contribution in [3.8, 4) is 0 Å². The van der Waals surface area contributed by atoms with Gasteiger partial charge in [-0.05, 0) is 55.1 Å². The molecule has 102 valence electrons. The fraction of sp³-hybridized carbons (Fsp3) is 0.600. The molecule has 1 nitrogen and oxygen atoms in total. The molecule has 0 aliphatic heterocycles. The lowest BCUT2D eigenvalue weighted by atomic mass is 10.0. The molecule has 0 amide bonds. The molecule has 4 rings (SSSR count). The molecule has 3 aliphatic rings. The molecule has 4 atom stereocenters. The molecule has 3 fully saturated rings. The van der Waals surface area contributed by atoms with Crippen molar-refractivity contribution in [2.24, 2.45) is 23.7 Å². The first-order chi connectivity index (χ1) is 9.05. The van der Waals surface area contributed by atoms with Crippen LogP contribution in [0.25, 0.3) is 0 Å². The van der Waals surface area contributed by atoms with Crippen LogP contribution in [0.15, 0.2) is 24.3 Å². The standard InChI is InChI=1S/C15H16F3N/c16-15(17,18)10-3-1-2-4-11(10)19-14-12-8-5-6-9(7-8)13(12)14/h1-4,8-9,12-14,19H,5-7H2. The number of fused-ring (bicyclic) bond motifs is 5. The normalized spacial score (nSPS) is 39.2. The topological polar surface area (TPSA) is 12.0 Å². The van der Waals surface area contributed by atoms with E-state index in [2.05, 4.69) is 5.32 Å². The van der Waals surface area contributed by atoms with Crippen molar-refractivity contribution in [1.82, 2.24) is 0 Å². The summed E-state index contributed by atoms with van der Waals surface area (Å²) in [5.41, 5.74) is -0.277. The summed E-state index contributed by atoms with van der Waals surface area (Å²) >= 11 is 0. The number of anilines is 1. The second kappa shape index (κ2) is 3.68. The van der Waals surface area contributed by atoms with Gasteiger partial charge in [-0.2, -0.15) is 13.2 Å². The number of nitrogens with one attached hydrogen (secondary N) is 1. The van der Waals surface area contributed by atoms with E-state index >= 15 is 0 Å². The molecule has 1 aromatic rings. The summed E-state index contributed by atoms with van der Waals surface area (Å²) in [6.45, 7) is 0. The Balaban J connectivity index is 1.56. The molecule has 0 saturated heterocycles. The van der Waals surface area contributed by atoms with Gasteiger partial charge >= 0.3 is 6.18 Å². The third-order valence-corrected chi connectivity index (χ3v) is 5.29. The SMILES string of the molecule is FC(F)(F)c1ccccc1NC1C2C3CCC(C3)C12. The summed E-state index contributed by atoms with van der Waals surface area (Å²) in [5.74, 6) is 2.82. The zero-order valence-electron chi connectivity index (χ0n) is 10.5. The summed E-state index contributed by atoms with van der Waals surface area (Å²) in [7, 11) is 0. The largest absolute Gasteiger partial charge is 0.418 e. The molecule has 4 heteroatoms. The molecule has 3 aliphatic carbocycles. The van der Waals surface area contributed by atoms with Crippen molar-refractivity contribution in [2.75, 3.05) is 5.32 Å². The highest BCUT2D eigenvalue weighted by atomic mass is 19.4. The van der Waals surface area contributed by atoms with Crippen molar-refractivity contribution in [2.45, 2.75) is 31.5 Å². The average molecular weight is 267 g/mol. The van der Waals surface area contributed by atoms with Gasteiger partial charge in [0.15, 0.2) is 0 Å². The number of hydrogen-bond donors (Lipinski definition) is 1. The Morgan fingerprint density at radius 2 is 1.63 bits per heavy atom. The first-order valence-corrected chi connectivity index (χ1v) is 6.98. The van der Waals surface area contributed by atoms with Crippen LogP contribution in [0.5, 0.6) is 0 Å². The van der Waals surface area contributed by atoms with Gasteiger partial charge in [-0.15, -0.1) is 0 Å². The van der Waals surface area contributed by atoms with Crippen LogP contribution >= 0.6 is 0 Å². The maximum Gasteiger partial charge on any atom is 0.418 e. The van der Waals surface area contributed by atoms with E-state index in [0.717, 1.165) is 17.9 Å². The van der Waals surface area contributed by atoms with Gasteiger partial charge in [0, 0.05) is 11.7 Å². The molecule has 0 radical (unpaired) electrons. The summed E-state index contributed by atoms with van der Waals surface area (Å²) in [5, 5.41) is 3.17. The van der Waals surface area contributed by atoms with Gasteiger partial charge in [0.05, 0.1) is 5.56 Å². The molecule has 3 saturated carbocycles. The van der Waals surface area contributed by atoms with Crippen LogP contribution < -0.4 is 5.32 Å². The van der Waals surface area contributed by atoms with Crippen LogP contribution in [0.3, 0.4) is 0 Å². The Labute approximate surface area is 110 Å². The van der Waals surface area contributed by atoms with E-state index in [1.54, 1.807) is 12.1 Å². The lowest BCUT2D eigenvalue weighted by molar-refractivity contribution is -0.137. The zero-order chi connectivity index (χ0) is 13.2. The van der Waals surface area contributed by atoms with Crippen molar-refractivity contribution in [3.63, 3.8) is 0 Å². The van der Waals surface area contributed by atoms with Crippen LogP contribution in [0.4, 0.5) is 18.9 Å². The summed E-state index contributed by atoms with van der Waals surface area (Å²) in [6.07, 6.45) is -0.392. The molecule has 0 spiro atoms. The highest BCUT2D eigenvalue weighted by molar-refractivity contribution is 5.55. The molecule has 0 heterocycles. The second-order valence-corrected chi connectivity index (χ2v) is 6.20. The minimum Gasteiger partial charge on any atom is -0.381 e. The third kappa shape index (κ3) is 1.68. The Hall–Kier alpha value is -1.19. The maximum atomic E-state index is 12.9. The van der Waals surface area contributed by atoms with Gasteiger partial charge in [-0.1, -0.05) is 12.1 Å². The van der Waals surface area contributed by atoms with Crippen LogP contribution in [0, 0.1) is 23.7 Å². The molecule has 19 heavy (non-hydrogen) atoms. The Kier molecular flexibility index (Phi) is 2.25. The number of halogens is 3. The number of alkyl halides is 3. The van der Waals surface area contributed by atoms with E-state index in [9.17, 15) is 13.2 Å². The van der Waals surface area contributed by atoms with E-state index in [0.29, 0.717) is 11.8 Å². The quantitative estimate of drug-likeness (QED) is 0.848. The number of para-hydroxylation sites is 1. The van der Waals surface area contributed by atoms with Crippen molar-refractivity contribution < 1.29 is 13.2 Å². The van der Waals surface area contributed by atoms with E-state index < -0.39 is 11.7 Å². The molecule has 4 unspecified atom stereocenters. The van der Waals surface area contributed by atoms with E-state index in [4.69, 9.17) is 0 Å². The van der Waals surface area contributed by atoms with Gasteiger partial charge in [0.2, 0.25) is 0 Å². The Morgan fingerprint density at radius 3 is 2.26 bits per heavy atom.